The molecule has 0 unspecified atom stereocenters. The summed E-state index contributed by atoms with van der Waals surface area (Å²) in [5.74, 6) is -0.402. The highest BCUT2D eigenvalue weighted by Crippen LogP contribution is 2.34. The lowest BCUT2D eigenvalue weighted by Gasteiger charge is -2.00. The fraction of sp³-hybridized carbons (Fsp3) is 0.250. The number of hydrogen-bond donors (Lipinski definition) is 3. The van der Waals surface area contributed by atoms with E-state index >= 15 is 0 Å². The second-order valence-electron chi connectivity index (χ2n) is 2.28. The highest BCUT2D eigenvalue weighted by atomic mass is 79.9. The van der Waals surface area contributed by atoms with Crippen LogP contribution in [0.1, 0.15) is 0 Å². The Morgan fingerprint density at radius 1 is 1.31 bits per heavy atom. The molecule has 1 rings (SSSR count). The molecule has 5 heteroatoms. The number of nitrogens with two attached hydrogens (primary N) is 1. The SMILES string of the molecule is COC.Nc1cc(O)c(O)c(Br)c1. The van der Waals surface area contributed by atoms with Gasteiger partial charge in [0.2, 0.25) is 0 Å². The molecule has 74 valence electrons. The summed E-state index contributed by atoms with van der Waals surface area (Å²) in [5, 5.41) is 17.9. The molecule has 0 saturated carbocycles. The van der Waals surface area contributed by atoms with Gasteiger partial charge in [-0.05, 0) is 22.0 Å². The number of methoxy groups -OCH3 is 1. The van der Waals surface area contributed by atoms with Crippen molar-refractivity contribution < 1.29 is 14.9 Å². The molecule has 0 spiro atoms. The molecule has 0 heterocycles. The summed E-state index contributed by atoms with van der Waals surface area (Å²) in [4.78, 5) is 0. The fourth-order valence-electron chi connectivity index (χ4n) is 0.605. The van der Waals surface area contributed by atoms with E-state index in [0.717, 1.165) is 0 Å². The maximum atomic E-state index is 8.98. The van der Waals surface area contributed by atoms with Gasteiger partial charge in [0.25, 0.3) is 0 Å². The summed E-state index contributed by atoms with van der Waals surface area (Å²) in [6.07, 6.45) is 0. The van der Waals surface area contributed by atoms with E-state index < -0.39 is 0 Å². The van der Waals surface area contributed by atoms with Gasteiger partial charge >= 0.3 is 0 Å². The van der Waals surface area contributed by atoms with Crippen molar-refractivity contribution in [2.24, 2.45) is 0 Å². The Labute approximate surface area is 85.1 Å². The highest BCUT2D eigenvalue weighted by molar-refractivity contribution is 9.10. The summed E-state index contributed by atoms with van der Waals surface area (Å²) in [6, 6.07) is 2.79. The first kappa shape index (κ1) is 12.1. The Hall–Kier alpha value is -0.940. The molecule has 0 atom stereocenters. The Morgan fingerprint density at radius 3 is 2.15 bits per heavy atom. The molecule has 0 aliphatic carbocycles. The van der Waals surface area contributed by atoms with Crippen LogP contribution in [-0.4, -0.2) is 24.4 Å². The first-order valence-corrected chi connectivity index (χ1v) is 4.19. The summed E-state index contributed by atoms with van der Waals surface area (Å²) >= 11 is 3.01. The van der Waals surface area contributed by atoms with Crippen molar-refractivity contribution >= 4 is 21.6 Å². The molecule has 0 amide bonds. The third-order valence-corrected chi connectivity index (χ3v) is 1.67. The summed E-state index contributed by atoms with van der Waals surface area (Å²) in [6.45, 7) is 0. The van der Waals surface area contributed by atoms with Crippen LogP contribution < -0.4 is 5.73 Å². The van der Waals surface area contributed by atoms with Crippen molar-refractivity contribution in [1.82, 2.24) is 0 Å². The van der Waals surface area contributed by atoms with Gasteiger partial charge in [0, 0.05) is 26.0 Å². The van der Waals surface area contributed by atoms with Gasteiger partial charge in [-0.3, -0.25) is 0 Å². The van der Waals surface area contributed by atoms with Gasteiger partial charge in [0.05, 0.1) is 4.47 Å². The number of ether oxygens (including phenoxy) is 1. The van der Waals surface area contributed by atoms with Crippen LogP contribution in [0.15, 0.2) is 16.6 Å². The largest absolute Gasteiger partial charge is 0.504 e. The van der Waals surface area contributed by atoms with Crippen LogP contribution in [0.4, 0.5) is 5.69 Å². The fourth-order valence-corrected chi connectivity index (χ4v) is 1.07. The minimum Gasteiger partial charge on any atom is -0.504 e. The molecule has 4 nitrogen and oxygen atoms in total. The maximum Gasteiger partial charge on any atom is 0.172 e. The van der Waals surface area contributed by atoms with Crippen molar-refractivity contribution in [3.63, 3.8) is 0 Å². The van der Waals surface area contributed by atoms with E-state index in [1.54, 1.807) is 14.2 Å². The normalized spacial score (nSPS) is 8.85. The molecule has 0 saturated heterocycles. The average Bonchev–Trinajstić information content (AvgIpc) is 2.01. The van der Waals surface area contributed by atoms with Crippen LogP contribution in [-0.2, 0) is 4.74 Å². The lowest BCUT2D eigenvalue weighted by molar-refractivity contribution is 0.277. The van der Waals surface area contributed by atoms with Crippen LogP contribution in [0.5, 0.6) is 11.5 Å². The summed E-state index contributed by atoms with van der Waals surface area (Å²) < 4.78 is 4.64. The molecule has 0 aliphatic rings. The first-order chi connectivity index (χ1) is 6.02. The van der Waals surface area contributed by atoms with Gasteiger partial charge in [-0.25, -0.2) is 0 Å². The van der Waals surface area contributed by atoms with Crippen LogP contribution in [0.2, 0.25) is 0 Å². The molecular weight excluding hydrogens is 238 g/mol. The first-order valence-electron chi connectivity index (χ1n) is 3.40. The molecule has 1 aromatic rings. The second kappa shape index (κ2) is 5.66. The van der Waals surface area contributed by atoms with Crippen molar-refractivity contribution in [1.29, 1.82) is 0 Å². The number of rotatable bonds is 0. The van der Waals surface area contributed by atoms with Crippen molar-refractivity contribution in [3.05, 3.63) is 16.6 Å². The zero-order valence-corrected chi connectivity index (χ0v) is 9.00. The standard InChI is InChI=1S/C6H6BrNO2.C2H6O/c7-4-1-3(8)2-5(9)6(4)10;1-3-2/h1-2,9-10H,8H2;1-2H3. The molecule has 0 fully saturated rings. The third-order valence-electron chi connectivity index (χ3n) is 1.07. The Bertz CT molecular complexity index is 255. The van der Waals surface area contributed by atoms with Crippen LogP contribution in [0.25, 0.3) is 0 Å². The Morgan fingerprint density at radius 2 is 1.77 bits per heavy atom. The predicted octanol–water partition coefficient (Wildman–Crippen LogP) is 1.71. The second-order valence-corrected chi connectivity index (χ2v) is 3.13. The van der Waals surface area contributed by atoms with Gasteiger partial charge in [0.15, 0.2) is 11.5 Å². The number of halogens is 1. The molecule has 13 heavy (non-hydrogen) atoms. The smallest absolute Gasteiger partial charge is 0.172 e. The molecule has 0 aromatic heterocycles. The molecule has 4 N–H and O–H groups in total. The highest BCUT2D eigenvalue weighted by Gasteiger charge is 2.03. The van der Waals surface area contributed by atoms with Gasteiger partial charge in [-0.15, -0.1) is 0 Å². The van der Waals surface area contributed by atoms with E-state index in [9.17, 15) is 0 Å². The van der Waals surface area contributed by atoms with E-state index in [-0.39, 0.29) is 11.5 Å². The number of anilines is 1. The summed E-state index contributed by atoms with van der Waals surface area (Å²) in [5.41, 5.74) is 5.73. The van der Waals surface area contributed by atoms with Crippen molar-refractivity contribution in [2.75, 3.05) is 20.0 Å². The minimum atomic E-state index is -0.216. The monoisotopic (exact) mass is 249 g/mol. The Kier molecular flexibility index (Phi) is 5.25. The van der Waals surface area contributed by atoms with Crippen LogP contribution >= 0.6 is 15.9 Å². The average molecular weight is 250 g/mol. The summed E-state index contributed by atoms with van der Waals surface area (Å²) in [7, 11) is 3.25. The van der Waals surface area contributed by atoms with E-state index in [4.69, 9.17) is 15.9 Å². The van der Waals surface area contributed by atoms with Gasteiger partial charge in [-0.1, -0.05) is 0 Å². The van der Waals surface area contributed by atoms with Crippen LogP contribution in [0.3, 0.4) is 0 Å². The lowest BCUT2D eigenvalue weighted by atomic mass is 10.3. The van der Waals surface area contributed by atoms with Gasteiger partial charge in [0.1, 0.15) is 0 Å². The molecule has 0 bridgehead atoms. The van der Waals surface area contributed by atoms with E-state index in [1.165, 1.54) is 12.1 Å². The number of phenols is 2. The van der Waals surface area contributed by atoms with E-state index in [0.29, 0.717) is 10.2 Å². The number of benzene rings is 1. The maximum absolute atomic E-state index is 8.98. The van der Waals surface area contributed by atoms with Gasteiger partial charge < -0.3 is 20.7 Å². The van der Waals surface area contributed by atoms with Gasteiger partial charge in [-0.2, -0.15) is 0 Å². The molecule has 0 radical (unpaired) electrons. The third kappa shape index (κ3) is 4.00. The zero-order valence-electron chi connectivity index (χ0n) is 7.41. The topological polar surface area (TPSA) is 75.7 Å². The van der Waals surface area contributed by atoms with Crippen molar-refractivity contribution in [2.45, 2.75) is 0 Å². The minimum absolute atomic E-state index is 0.186. The van der Waals surface area contributed by atoms with E-state index in [2.05, 4.69) is 20.7 Å². The zero-order chi connectivity index (χ0) is 10.4. The van der Waals surface area contributed by atoms with E-state index in [1.807, 2.05) is 0 Å². The van der Waals surface area contributed by atoms with Crippen LogP contribution in [0, 0.1) is 0 Å². The predicted molar refractivity (Wildman–Crippen MR) is 54.8 cm³/mol. The number of nitrogen functional groups attached to an aromatic ring is 1. The lowest BCUT2D eigenvalue weighted by Crippen LogP contribution is -1.83. The van der Waals surface area contributed by atoms with Crippen molar-refractivity contribution in [3.8, 4) is 11.5 Å². The number of phenolic OH excluding ortho intramolecular Hbond substituents is 2. The molecule has 1 aromatic carbocycles. The number of hydrogen-bond acceptors (Lipinski definition) is 4. The molecule has 0 aliphatic heterocycles. The quantitative estimate of drug-likeness (QED) is 0.372. The molecular formula is C8H12BrNO3. The Balaban J connectivity index is 0.000000424. The number of aromatic hydroxyl groups is 2.